The molecule has 0 spiro atoms. The molecule has 0 atom stereocenters. The summed E-state index contributed by atoms with van der Waals surface area (Å²) in [6.07, 6.45) is 6.43. The summed E-state index contributed by atoms with van der Waals surface area (Å²) in [4.78, 5) is 4.24. The van der Waals surface area contributed by atoms with E-state index in [9.17, 15) is 0 Å². The molecule has 0 amide bonds. The Kier molecular flexibility index (Phi) is 4.83. The molecular formula is C16H14N4O2. The molecule has 0 saturated carbocycles. The summed E-state index contributed by atoms with van der Waals surface area (Å²) in [5.41, 5.74) is 1.88. The SMILES string of the molecule is COc1cc(C#N)cc(-c2nc(/C=C/C=C(/C)C=N)no2)c1. The number of benzene rings is 1. The van der Waals surface area contributed by atoms with Crippen molar-refractivity contribution < 1.29 is 9.26 Å². The van der Waals surface area contributed by atoms with Crippen LogP contribution in [0, 0.1) is 16.7 Å². The van der Waals surface area contributed by atoms with Gasteiger partial charge < -0.3 is 14.7 Å². The molecule has 1 heterocycles. The van der Waals surface area contributed by atoms with Gasteiger partial charge in [-0.25, -0.2) is 0 Å². The summed E-state index contributed by atoms with van der Waals surface area (Å²) in [5.74, 6) is 1.27. The summed E-state index contributed by atoms with van der Waals surface area (Å²) in [6, 6.07) is 7.07. The standard InChI is InChI=1S/C16H14N4O2/c1-11(9-17)4-3-5-15-19-16(22-20-15)13-6-12(10-18)7-14(8-13)21-2/h3-9,17H,1-2H3/b5-3+,11-4-,17-9?. The Labute approximate surface area is 127 Å². The Balaban J connectivity index is 2.28. The molecular weight excluding hydrogens is 280 g/mol. The molecule has 1 aromatic carbocycles. The minimum absolute atomic E-state index is 0.308. The molecule has 1 aromatic heterocycles. The number of allylic oxidation sites excluding steroid dienone is 3. The van der Waals surface area contributed by atoms with Gasteiger partial charge in [0.1, 0.15) is 5.75 Å². The zero-order chi connectivity index (χ0) is 15.9. The maximum absolute atomic E-state index is 9.02. The lowest BCUT2D eigenvalue weighted by Crippen LogP contribution is -1.87. The van der Waals surface area contributed by atoms with Crippen molar-refractivity contribution in [3.8, 4) is 23.3 Å². The normalized spacial score (nSPS) is 11.4. The van der Waals surface area contributed by atoms with Gasteiger partial charge in [-0.15, -0.1) is 0 Å². The summed E-state index contributed by atoms with van der Waals surface area (Å²) < 4.78 is 10.3. The molecule has 110 valence electrons. The van der Waals surface area contributed by atoms with Crippen LogP contribution in [0.15, 0.2) is 40.4 Å². The third-order valence-corrected chi connectivity index (χ3v) is 2.79. The number of nitrogens with zero attached hydrogens (tertiary/aromatic N) is 3. The highest BCUT2D eigenvalue weighted by Gasteiger charge is 2.10. The van der Waals surface area contributed by atoms with E-state index in [1.54, 1.807) is 36.4 Å². The lowest BCUT2D eigenvalue weighted by Gasteiger charge is -2.01. The fourth-order valence-corrected chi connectivity index (χ4v) is 1.66. The van der Waals surface area contributed by atoms with Gasteiger partial charge in [-0.05, 0) is 36.8 Å². The van der Waals surface area contributed by atoms with E-state index in [4.69, 9.17) is 19.9 Å². The average Bonchev–Trinajstić information content (AvgIpc) is 3.03. The molecule has 2 rings (SSSR count). The zero-order valence-electron chi connectivity index (χ0n) is 12.2. The number of nitrogens with one attached hydrogen (secondary N) is 1. The molecule has 0 saturated heterocycles. The Bertz CT molecular complexity index is 782. The highest BCUT2D eigenvalue weighted by atomic mass is 16.5. The van der Waals surface area contributed by atoms with Crippen LogP contribution >= 0.6 is 0 Å². The molecule has 0 aliphatic carbocycles. The monoisotopic (exact) mass is 294 g/mol. The van der Waals surface area contributed by atoms with E-state index in [1.165, 1.54) is 13.3 Å². The summed E-state index contributed by atoms with van der Waals surface area (Å²) in [6.45, 7) is 1.82. The number of aromatic nitrogens is 2. The molecule has 0 aliphatic rings. The van der Waals surface area contributed by atoms with Gasteiger partial charge in [0.2, 0.25) is 0 Å². The molecule has 1 N–H and O–H groups in total. The van der Waals surface area contributed by atoms with Crippen LogP contribution < -0.4 is 4.74 Å². The second-order valence-corrected chi connectivity index (χ2v) is 4.43. The number of hydrogen-bond donors (Lipinski definition) is 1. The summed E-state index contributed by atoms with van der Waals surface area (Å²) in [5, 5.41) is 19.9. The Hall–Kier alpha value is -3.20. The molecule has 0 aliphatic heterocycles. The van der Waals surface area contributed by atoms with Gasteiger partial charge in [0.25, 0.3) is 5.89 Å². The Morgan fingerprint density at radius 3 is 2.91 bits per heavy atom. The fourth-order valence-electron chi connectivity index (χ4n) is 1.66. The first kappa shape index (κ1) is 15.2. The number of methoxy groups -OCH3 is 1. The van der Waals surface area contributed by atoms with Gasteiger partial charge in [-0.3, -0.25) is 0 Å². The van der Waals surface area contributed by atoms with Crippen LogP contribution in [0.3, 0.4) is 0 Å². The van der Waals surface area contributed by atoms with E-state index in [0.29, 0.717) is 28.6 Å². The van der Waals surface area contributed by atoms with Gasteiger partial charge >= 0.3 is 0 Å². The van der Waals surface area contributed by atoms with Crippen LogP contribution in [-0.4, -0.2) is 23.5 Å². The van der Waals surface area contributed by atoms with Crippen molar-refractivity contribution in [2.24, 2.45) is 0 Å². The van der Waals surface area contributed by atoms with Crippen molar-refractivity contribution in [1.29, 1.82) is 10.7 Å². The minimum atomic E-state index is 0.308. The first-order chi connectivity index (χ1) is 10.7. The quantitative estimate of drug-likeness (QED) is 0.674. The molecule has 22 heavy (non-hydrogen) atoms. The average molecular weight is 294 g/mol. The van der Waals surface area contributed by atoms with Gasteiger partial charge in [0.05, 0.1) is 18.7 Å². The molecule has 6 nitrogen and oxygen atoms in total. The van der Waals surface area contributed by atoms with Gasteiger partial charge in [0, 0.05) is 11.8 Å². The van der Waals surface area contributed by atoms with Crippen LogP contribution in [0.25, 0.3) is 17.5 Å². The fraction of sp³-hybridized carbons (Fsp3) is 0.125. The highest BCUT2D eigenvalue weighted by Crippen LogP contribution is 2.24. The molecule has 0 unspecified atom stereocenters. The third-order valence-electron chi connectivity index (χ3n) is 2.79. The van der Waals surface area contributed by atoms with Crippen LogP contribution in [0.5, 0.6) is 5.75 Å². The number of nitriles is 1. The maximum atomic E-state index is 9.02. The van der Waals surface area contributed by atoms with Crippen molar-refractivity contribution in [2.45, 2.75) is 6.92 Å². The highest BCUT2D eigenvalue weighted by molar-refractivity contribution is 5.75. The van der Waals surface area contributed by atoms with E-state index < -0.39 is 0 Å². The predicted octanol–water partition coefficient (Wildman–Crippen LogP) is 3.23. The Morgan fingerprint density at radius 1 is 1.41 bits per heavy atom. The second kappa shape index (κ2) is 6.99. The second-order valence-electron chi connectivity index (χ2n) is 4.43. The molecule has 0 radical (unpaired) electrons. The molecule has 6 heteroatoms. The van der Waals surface area contributed by atoms with E-state index in [1.807, 2.05) is 6.92 Å². The summed E-state index contributed by atoms with van der Waals surface area (Å²) in [7, 11) is 1.53. The van der Waals surface area contributed by atoms with Gasteiger partial charge in [-0.2, -0.15) is 10.2 Å². The van der Waals surface area contributed by atoms with Crippen LogP contribution in [-0.2, 0) is 0 Å². The summed E-state index contributed by atoms with van der Waals surface area (Å²) >= 11 is 0. The zero-order valence-corrected chi connectivity index (χ0v) is 12.2. The van der Waals surface area contributed by atoms with Crippen molar-refractivity contribution in [3.05, 3.63) is 47.3 Å². The van der Waals surface area contributed by atoms with Crippen molar-refractivity contribution in [3.63, 3.8) is 0 Å². The van der Waals surface area contributed by atoms with Crippen LogP contribution in [0.2, 0.25) is 0 Å². The maximum Gasteiger partial charge on any atom is 0.258 e. The van der Waals surface area contributed by atoms with Crippen molar-refractivity contribution in [2.75, 3.05) is 7.11 Å². The first-order valence-corrected chi connectivity index (χ1v) is 6.45. The van der Waals surface area contributed by atoms with E-state index in [2.05, 4.69) is 16.2 Å². The lowest BCUT2D eigenvalue weighted by molar-refractivity contribution is 0.413. The van der Waals surface area contributed by atoms with Gasteiger partial charge in [0.15, 0.2) is 5.82 Å². The van der Waals surface area contributed by atoms with E-state index in [0.717, 1.165) is 5.57 Å². The third kappa shape index (κ3) is 3.67. The predicted molar refractivity (Wildman–Crippen MR) is 82.6 cm³/mol. The Morgan fingerprint density at radius 2 is 2.23 bits per heavy atom. The molecule has 0 fully saturated rings. The molecule has 2 aromatic rings. The van der Waals surface area contributed by atoms with Crippen LogP contribution in [0.4, 0.5) is 0 Å². The number of ether oxygens (including phenoxy) is 1. The van der Waals surface area contributed by atoms with E-state index >= 15 is 0 Å². The number of rotatable bonds is 5. The van der Waals surface area contributed by atoms with E-state index in [-0.39, 0.29) is 0 Å². The first-order valence-electron chi connectivity index (χ1n) is 6.45. The smallest absolute Gasteiger partial charge is 0.258 e. The van der Waals surface area contributed by atoms with Crippen LogP contribution in [0.1, 0.15) is 18.3 Å². The minimum Gasteiger partial charge on any atom is -0.497 e. The van der Waals surface area contributed by atoms with Crippen molar-refractivity contribution in [1.82, 2.24) is 10.1 Å². The topological polar surface area (TPSA) is 95.8 Å². The van der Waals surface area contributed by atoms with Crippen molar-refractivity contribution >= 4 is 12.3 Å². The lowest BCUT2D eigenvalue weighted by atomic mass is 10.1. The van der Waals surface area contributed by atoms with Gasteiger partial charge in [-0.1, -0.05) is 17.3 Å². The largest absolute Gasteiger partial charge is 0.497 e. The number of hydrogen-bond acceptors (Lipinski definition) is 6. The molecule has 0 bridgehead atoms.